The number of Topliss-reactive ketones (excluding diaryl/α,β-unsaturated/α-hetero) is 2. The average molecular weight is 517 g/mol. The number of hydrogen-bond acceptors (Lipinski definition) is 6. The summed E-state index contributed by atoms with van der Waals surface area (Å²) in [5, 5.41) is 43.2. The van der Waals surface area contributed by atoms with Gasteiger partial charge in [0.1, 0.15) is 0 Å². The third-order valence-corrected chi connectivity index (χ3v) is 11.5. The minimum atomic E-state index is -1.28. The van der Waals surface area contributed by atoms with Crippen LogP contribution in [0.25, 0.3) is 0 Å². The Morgan fingerprint density at radius 2 is 1.68 bits per heavy atom. The van der Waals surface area contributed by atoms with Crippen LogP contribution < -0.4 is 0 Å². The second kappa shape index (κ2) is 8.59. The number of carbonyl (C=O) groups excluding carboxylic acids is 2. The van der Waals surface area contributed by atoms with Crippen LogP contribution in [0.5, 0.6) is 0 Å². The molecular weight excluding hydrogens is 472 g/mol. The highest BCUT2D eigenvalue weighted by Gasteiger charge is 2.71. The van der Waals surface area contributed by atoms with Crippen molar-refractivity contribution >= 4 is 17.5 Å². The van der Waals surface area contributed by atoms with E-state index in [1.165, 1.54) is 6.92 Å². The maximum absolute atomic E-state index is 14.1. The quantitative estimate of drug-likeness (QED) is 0.406. The molecule has 0 aromatic rings. The molecule has 0 heterocycles. The van der Waals surface area contributed by atoms with E-state index in [0.717, 1.165) is 0 Å². The summed E-state index contributed by atoms with van der Waals surface area (Å²) in [6.07, 6.45) is 2.53. The van der Waals surface area contributed by atoms with Crippen molar-refractivity contribution < 1.29 is 34.8 Å². The molecule has 4 aliphatic carbocycles. The molecule has 0 aromatic carbocycles. The fourth-order valence-corrected chi connectivity index (χ4v) is 8.97. The zero-order valence-corrected chi connectivity index (χ0v) is 23.4. The first-order chi connectivity index (χ1) is 16.9. The number of aliphatic hydroxyl groups excluding tert-OH is 2. The van der Waals surface area contributed by atoms with Gasteiger partial charge in [-0.2, -0.15) is 0 Å². The highest BCUT2D eigenvalue weighted by atomic mass is 16.4. The number of fused-ring (bicyclic) bond motifs is 4. The molecule has 206 valence electrons. The minimum Gasteiger partial charge on any atom is -0.478 e. The van der Waals surface area contributed by atoms with E-state index in [0.29, 0.717) is 30.4 Å². The summed E-state index contributed by atoms with van der Waals surface area (Å²) >= 11 is 0. The van der Waals surface area contributed by atoms with E-state index in [9.17, 15) is 29.7 Å². The summed E-state index contributed by atoms with van der Waals surface area (Å²) in [7, 11) is 0. The normalized spacial score (nSPS) is 43.1. The smallest absolute Gasteiger partial charge is 0.330 e. The minimum absolute atomic E-state index is 0.0840. The first-order valence-electron chi connectivity index (χ1n) is 13.7. The van der Waals surface area contributed by atoms with Crippen molar-refractivity contribution in [3.63, 3.8) is 0 Å². The van der Waals surface area contributed by atoms with Crippen LogP contribution in [0.15, 0.2) is 22.8 Å². The van der Waals surface area contributed by atoms with Crippen molar-refractivity contribution in [3.05, 3.63) is 22.8 Å². The van der Waals surface area contributed by atoms with Gasteiger partial charge in [-0.3, -0.25) is 9.59 Å². The number of ketones is 2. The van der Waals surface area contributed by atoms with Crippen LogP contribution in [-0.2, 0) is 14.4 Å². The lowest BCUT2D eigenvalue weighted by molar-refractivity contribution is -0.147. The molecule has 0 aromatic heterocycles. The molecule has 4 rings (SSSR count). The van der Waals surface area contributed by atoms with Gasteiger partial charge < -0.3 is 20.4 Å². The molecular formula is C30H44O7. The molecule has 7 heteroatoms. The molecule has 8 atom stereocenters. The Labute approximate surface area is 220 Å². The number of rotatable bonds is 5. The Balaban J connectivity index is 1.79. The number of aliphatic carboxylic acids is 1. The van der Waals surface area contributed by atoms with E-state index in [1.54, 1.807) is 13.0 Å². The molecule has 0 saturated heterocycles. The van der Waals surface area contributed by atoms with Crippen molar-refractivity contribution in [1.29, 1.82) is 0 Å². The number of hydrogen-bond donors (Lipinski definition) is 4. The number of aliphatic hydroxyl groups is 3. The van der Waals surface area contributed by atoms with Gasteiger partial charge in [0.05, 0.1) is 17.8 Å². The van der Waals surface area contributed by atoms with E-state index >= 15 is 0 Å². The molecule has 0 bridgehead atoms. The molecule has 2 unspecified atom stereocenters. The lowest BCUT2D eigenvalue weighted by atomic mass is 9.42. The average Bonchev–Trinajstić information content (AvgIpc) is 2.99. The second-order valence-corrected chi connectivity index (χ2v) is 13.8. The molecule has 4 N–H and O–H groups in total. The van der Waals surface area contributed by atoms with Gasteiger partial charge in [0.2, 0.25) is 0 Å². The summed E-state index contributed by atoms with van der Waals surface area (Å²) in [4.78, 5) is 39.2. The van der Waals surface area contributed by atoms with Crippen LogP contribution in [0.4, 0.5) is 0 Å². The lowest BCUT2D eigenvalue weighted by Gasteiger charge is -2.61. The van der Waals surface area contributed by atoms with Crippen molar-refractivity contribution in [1.82, 2.24) is 0 Å². The van der Waals surface area contributed by atoms with Gasteiger partial charge in [-0.25, -0.2) is 4.79 Å². The molecule has 0 spiro atoms. The van der Waals surface area contributed by atoms with Gasteiger partial charge in [0.25, 0.3) is 0 Å². The van der Waals surface area contributed by atoms with E-state index in [4.69, 9.17) is 5.11 Å². The fraction of sp³-hybridized carbons (Fsp3) is 0.767. The molecule has 2 fully saturated rings. The Hall–Kier alpha value is -1.83. The summed E-state index contributed by atoms with van der Waals surface area (Å²) in [6.45, 7) is 13.1. The van der Waals surface area contributed by atoms with E-state index < -0.39 is 51.4 Å². The SMILES string of the molecule is C/C(=C\CC[C@](C)(O)C1C[C@H](O)[C@@]2(C)C3=C(C(=O)C[C@]12C)[C@@]1(C)CC[C@H](O)C(C)(C)C1CC3=O)C(=O)O. The van der Waals surface area contributed by atoms with Gasteiger partial charge >= 0.3 is 5.97 Å². The fourth-order valence-electron chi connectivity index (χ4n) is 8.97. The Bertz CT molecular complexity index is 1100. The maximum Gasteiger partial charge on any atom is 0.330 e. The first kappa shape index (κ1) is 28.2. The van der Waals surface area contributed by atoms with Gasteiger partial charge in [-0.15, -0.1) is 0 Å². The predicted octanol–water partition coefficient (Wildman–Crippen LogP) is 3.99. The van der Waals surface area contributed by atoms with E-state index in [2.05, 4.69) is 6.92 Å². The Morgan fingerprint density at radius 1 is 1.05 bits per heavy atom. The largest absolute Gasteiger partial charge is 0.478 e. The molecule has 0 aliphatic heterocycles. The van der Waals surface area contributed by atoms with Gasteiger partial charge in [0, 0.05) is 40.4 Å². The number of carboxylic acids is 1. The third-order valence-electron chi connectivity index (χ3n) is 11.5. The zero-order valence-electron chi connectivity index (χ0n) is 23.4. The lowest BCUT2D eigenvalue weighted by Crippen LogP contribution is -2.60. The van der Waals surface area contributed by atoms with Crippen LogP contribution in [0.3, 0.4) is 0 Å². The number of allylic oxidation sites excluding steroid dienone is 2. The molecule has 0 amide bonds. The zero-order chi connectivity index (χ0) is 27.9. The molecule has 7 nitrogen and oxygen atoms in total. The topological polar surface area (TPSA) is 132 Å². The van der Waals surface area contributed by atoms with Crippen LogP contribution in [0, 0.1) is 33.5 Å². The van der Waals surface area contributed by atoms with Gasteiger partial charge in [0.15, 0.2) is 11.6 Å². The summed E-state index contributed by atoms with van der Waals surface area (Å²) < 4.78 is 0. The van der Waals surface area contributed by atoms with E-state index in [-0.39, 0.29) is 48.7 Å². The first-order valence-corrected chi connectivity index (χ1v) is 13.7. The highest BCUT2D eigenvalue weighted by Crippen LogP contribution is 2.71. The van der Waals surface area contributed by atoms with E-state index in [1.807, 2.05) is 27.7 Å². The predicted molar refractivity (Wildman–Crippen MR) is 138 cm³/mol. The van der Waals surface area contributed by atoms with Crippen molar-refractivity contribution in [2.75, 3.05) is 0 Å². The molecule has 2 saturated carbocycles. The summed E-state index contributed by atoms with van der Waals surface area (Å²) in [5.74, 6) is -1.85. The Kier molecular flexibility index (Phi) is 6.54. The van der Waals surface area contributed by atoms with Gasteiger partial charge in [-0.05, 0) is 68.6 Å². The molecule has 37 heavy (non-hydrogen) atoms. The highest BCUT2D eigenvalue weighted by molar-refractivity contribution is 6.11. The van der Waals surface area contributed by atoms with Gasteiger partial charge in [-0.1, -0.05) is 40.7 Å². The van der Waals surface area contributed by atoms with Crippen LogP contribution in [0.2, 0.25) is 0 Å². The third kappa shape index (κ3) is 3.75. The number of carboxylic acid groups (broad SMARTS) is 1. The van der Waals surface area contributed by atoms with Crippen molar-refractivity contribution in [2.24, 2.45) is 33.5 Å². The second-order valence-electron chi connectivity index (χ2n) is 13.8. The van der Waals surface area contributed by atoms with Crippen molar-refractivity contribution in [2.45, 2.75) is 111 Å². The van der Waals surface area contributed by atoms with Crippen LogP contribution in [0.1, 0.15) is 93.4 Å². The molecule has 4 aliphatic rings. The maximum atomic E-state index is 14.1. The Morgan fingerprint density at radius 3 is 2.27 bits per heavy atom. The summed E-state index contributed by atoms with van der Waals surface area (Å²) in [6, 6.07) is 0. The van der Waals surface area contributed by atoms with Crippen LogP contribution in [-0.4, -0.2) is 55.8 Å². The monoisotopic (exact) mass is 516 g/mol. The van der Waals surface area contributed by atoms with Crippen LogP contribution >= 0.6 is 0 Å². The molecule has 0 radical (unpaired) electrons. The number of carbonyl (C=O) groups is 3. The van der Waals surface area contributed by atoms with Crippen molar-refractivity contribution in [3.8, 4) is 0 Å². The standard InChI is InChI=1S/C30H44O7/c1-16(25(35)36)9-8-11-29(6,37)20-14-22(34)30(7)24-17(31)13-19-26(2,3)21(33)10-12-27(19,4)23(24)18(32)15-28(20,30)5/h9,19-22,33-34,37H,8,10-15H2,1-7H3,(H,35,36)/b16-9+/t19?,20?,21-,22-,27-,28+,29-,30-/m0/s1. The summed E-state index contributed by atoms with van der Waals surface area (Å²) in [5.41, 5.74) is -3.00.